The molecule has 0 radical (unpaired) electrons. The maximum atomic E-state index is 12.4. The molecule has 114 valence electrons. The Hall–Kier alpha value is -0.730. The molecule has 1 atom stereocenters. The van der Waals surface area contributed by atoms with Crippen molar-refractivity contribution in [3.63, 3.8) is 0 Å². The van der Waals surface area contributed by atoms with Gasteiger partial charge in [0.2, 0.25) is 0 Å². The van der Waals surface area contributed by atoms with Crippen molar-refractivity contribution in [2.45, 2.75) is 13.0 Å². The summed E-state index contributed by atoms with van der Waals surface area (Å²) in [6.07, 6.45) is 0. The zero-order valence-corrected chi connectivity index (χ0v) is 15.2. The summed E-state index contributed by atoms with van der Waals surface area (Å²) in [4.78, 5) is 25.4. The van der Waals surface area contributed by atoms with Crippen molar-refractivity contribution < 1.29 is 14.7 Å². The Bertz CT molecular complexity index is 583. The number of benzene rings is 1. The topological polar surface area (TPSA) is 69.6 Å². The molecule has 1 heterocycles. The molecule has 1 saturated heterocycles. The van der Waals surface area contributed by atoms with Crippen LogP contribution in [-0.4, -0.2) is 46.1 Å². The average molecular weight is 438 g/mol. The predicted molar refractivity (Wildman–Crippen MR) is 91.3 cm³/mol. The Morgan fingerprint density at radius 1 is 1.43 bits per heavy atom. The van der Waals surface area contributed by atoms with Gasteiger partial charge in [0, 0.05) is 33.0 Å². The molecule has 0 bridgehead atoms. The number of carboxylic acids is 1. The molecule has 5 nitrogen and oxygen atoms in total. The molecule has 21 heavy (non-hydrogen) atoms. The molecule has 1 unspecified atom stereocenters. The number of halogens is 2. The number of anilines is 1. The Morgan fingerprint density at radius 3 is 2.76 bits per heavy atom. The minimum Gasteiger partial charge on any atom is -0.478 e. The van der Waals surface area contributed by atoms with Crippen LogP contribution in [0, 0.1) is 0 Å². The quantitative estimate of drug-likeness (QED) is 0.736. The summed E-state index contributed by atoms with van der Waals surface area (Å²) in [6, 6.07) is 3.04. The van der Waals surface area contributed by atoms with Crippen LogP contribution in [0.2, 0.25) is 0 Å². The fourth-order valence-corrected chi connectivity index (χ4v) is 4.41. The molecule has 8 heteroatoms. The number of nitrogens with one attached hydrogen (secondary N) is 1. The fraction of sp³-hybridized carbons (Fsp3) is 0.385. The van der Waals surface area contributed by atoms with Gasteiger partial charge in [0.05, 0.1) is 11.3 Å². The molecule has 1 aromatic rings. The lowest BCUT2D eigenvalue weighted by Gasteiger charge is -2.33. The maximum Gasteiger partial charge on any atom is 0.337 e. The normalized spacial score (nSPS) is 18.4. The summed E-state index contributed by atoms with van der Waals surface area (Å²) in [5.41, 5.74) is 0.324. The van der Waals surface area contributed by atoms with Crippen molar-refractivity contribution in [1.29, 1.82) is 0 Å². The van der Waals surface area contributed by atoms with Gasteiger partial charge in [0.25, 0.3) is 0 Å². The fourth-order valence-electron chi connectivity index (χ4n) is 2.08. The van der Waals surface area contributed by atoms with Gasteiger partial charge in [0.15, 0.2) is 0 Å². The van der Waals surface area contributed by atoms with Crippen molar-refractivity contribution >= 4 is 61.3 Å². The van der Waals surface area contributed by atoms with E-state index in [1.54, 1.807) is 11.0 Å². The third-order valence-electron chi connectivity index (χ3n) is 3.15. The van der Waals surface area contributed by atoms with E-state index in [0.717, 1.165) is 11.5 Å². The minimum atomic E-state index is -1.09. The first kappa shape index (κ1) is 16.6. The first-order valence-corrected chi connectivity index (χ1v) is 9.02. The highest BCUT2D eigenvalue weighted by Gasteiger charge is 2.25. The molecule has 0 spiro atoms. The molecule has 2 rings (SSSR count). The molecule has 0 saturated carbocycles. The van der Waals surface area contributed by atoms with E-state index in [1.807, 2.05) is 18.7 Å². The van der Waals surface area contributed by atoms with Crippen LogP contribution in [0.25, 0.3) is 0 Å². The highest BCUT2D eigenvalue weighted by atomic mass is 79.9. The van der Waals surface area contributed by atoms with Gasteiger partial charge in [-0.2, -0.15) is 11.8 Å². The van der Waals surface area contributed by atoms with E-state index in [2.05, 4.69) is 37.2 Å². The molecule has 1 aromatic carbocycles. The zero-order chi connectivity index (χ0) is 15.6. The number of urea groups is 1. The molecule has 1 aliphatic heterocycles. The molecule has 0 aromatic heterocycles. The van der Waals surface area contributed by atoms with E-state index in [1.165, 1.54) is 6.07 Å². The number of nitrogens with zero attached hydrogens (tertiary/aromatic N) is 1. The number of carbonyl (C=O) groups excluding carboxylic acids is 1. The standard InChI is InChI=1S/C13H14Br2N2O3S/c1-7-6-21-3-2-17(7)13(20)16-11-9(12(18)19)4-8(14)5-10(11)15/h4-5,7H,2-3,6H2,1H3,(H,16,20)(H,18,19). The third-order valence-corrected chi connectivity index (χ3v) is 5.42. The number of hydrogen-bond acceptors (Lipinski definition) is 3. The van der Waals surface area contributed by atoms with Crippen LogP contribution in [0.15, 0.2) is 21.1 Å². The van der Waals surface area contributed by atoms with Crippen molar-refractivity contribution in [2.24, 2.45) is 0 Å². The minimum absolute atomic E-state index is 0.0450. The molecule has 2 N–H and O–H groups in total. The monoisotopic (exact) mass is 436 g/mol. The second-order valence-corrected chi connectivity index (χ2v) is 7.58. The van der Waals surface area contributed by atoms with Crippen LogP contribution < -0.4 is 5.32 Å². The SMILES string of the molecule is CC1CSCCN1C(=O)Nc1c(Br)cc(Br)cc1C(=O)O. The van der Waals surface area contributed by atoms with E-state index in [-0.39, 0.29) is 23.3 Å². The second-order valence-electron chi connectivity index (χ2n) is 4.66. The lowest BCUT2D eigenvalue weighted by molar-refractivity contribution is 0.0698. The van der Waals surface area contributed by atoms with Crippen LogP contribution in [-0.2, 0) is 0 Å². The van der Waals surface area contributed by atoms with Crippen LogP contribution in [0.5, 0.6) is 0 Å². The second kappa shape index (κ2) is 7.02. The number of thioether (sulfide) groups is 1. The van der Waals surface area contributed by atoms with Gasteiger partial charge in [-0.05, 0) is 35.0 Å². The highest BCUT2D eigenvalue weighted by molar-refractivity contribution is 9.11. The lowest BCUT2D eigenvalue weighted by Crippen LogP contribution is -2.46. The Kier molecular flexibility index (Phi) is 5.56. The van der Waals surface area contributed by atoms with Crippen LogP contribution in [0.1, 0.15) is 17.3 Å². The molecule has 1 aliphatic rings. The summed E-state index contributed by atoms with van der Waals surface area (Å²) in [5, 5.41) is 12.0. The van der Waals surface area contributed by atoms with Crippen molar-refractivity contribution in [1.82, 2.24) is 4.90 Å². The predicted octanol–water partition coefficient (Wildman–Crippen LogP) is 3.88. The zero-order valence-electron chi connectivity index (χ0n) is 11.2. The summed E-state index contributed by atoms with van der Waals surface area (Å²) in [6.45, 7) is 2.65. The number of amides is 2. The highest BCUT2D eigenvalue weighted by Crippen LogP contribution is 2.31. The Morgan fingerprint density at radius 2 is 2.14 bits per heavy atom. The maximum absolute atomic E-state index is 12.4. The van der Waals surface area contributed by atoms with Crippen molar-refractivity contribution in [2.75, 3.05) is 23.4 Å². The molecule has 0 aliphatic carbocycles. The van der Waals surface area contributed by atoms with E-state index in [0.29, 0.717) is 15.5 Å². The third kappa shape index (κ3) is 3.92. The average Bonchev–Trinajstić information content (AvgIpc) is 2.41. The molecule has 1 fully saturated rings. The summed E-state index contributed by atoms with van der Waals surface area (Å²) in [5.74, 6) is 0.695. The smallest absolute Gasteiger partial charge is 0.337 e. The van der Waals surface area contributed by atoms with Crippen molar-refractivity contribution in [3.05, 3.63) is 26.6 Å². The number of aromatic carboxylic acids is 1. The summed E-state index contributed by atoms with van der Waals surface area (Å²) < 4.78 is 1.16. The first-order valence-electron chi connectivity index (χ1n) is 6.28. The number of carboxylic acid groups (broad SMARTS) is 1. The first-order chi connectivity index (χ1) is 9.90. The summed E-state index contributed by atoms with van der Waals surface area (Å²) in [7, 11) is 0. The molecule has 2 amide bonds. The van der Waals surface area contributed by atoms with E-state index < -0.39 is 5.97 Å². The van der Waals surface area contributed by atoms with E-state index in [4.69, 9.17) is 0 Å². The lowest BCUT2D eigenvalue weighted by atomic mass is 10.2. The summed E-state index contributed by atoms with van der Waals surface area (Å²) >= 11 is 8.36. The van der Waals surface area contributed by atoms with E-state index in [9.17, 15) is 14.7 Å². The Balaban J connectivity index is 2.26. The van der Waals surface area contributed by atoms with Gasteiger partial charge >= 0.3 is 12.0 Å². The number of rotatable bonds is 2. The van der Waals surface area contributed by atoms with Gasteiger partial charge in [-0.15, -0.1) is 0 Å². The van der Waals surface area contributed by atoms with Gasteiger partial charge in [-0.1, -0.05) is 15.9 Å². The van der Waals surface area contributed by atoms with Gasteiger partial charge in [0.1, 0.15) is 0 Å². The van der Waals surface area contributed by atoms with Crippen molar-refractivity contribution in [3.8, 4) is 0 Å². The number of hydrogen-bond donors (Lipinski definition) is 2. The largest absolute Gasteiger partial charge is 0.478 e. The van der Waals surface area contributed by atoms with Crippen LogP contribution in [0.3, 0.4) is 0 Å². The molecular formula is C13H14Br2N2O3S. The van der Waals surface area contributed by atoms with Gasteiger partial charge < -0.3 is 15.3 Å². The van der Waals surface area contributed by atoms with Crippen LogP contribution in [0.4, 0.5) is 10.5 Å². The Labute approximate surface area is 143 Å². The van der Waals surface area contributed by atoms with Gasteiger partial charge in [-0.3, -0.25) is 0 Å². The van der Waals surface area contributed by atoms with Gasteiger partial charge in [-0.25, -0.2) is 9.59 Å². The molecular weight excluding hydrogens is 424 g/mol. The van der Waals surface area contributed by atoms with E-state index >= 15 is 0 Å². The number of carbonyl (C=O) groups is 2. The van der Waals surface area contributed by atoms with Crippen LogP contribution >= 0.6 is 43.6 Å².